The van der Waals surface area contributed by atoms with Crippen LogP contribution in [0.2, 0.25) is 5.02 Å². The van der Waals surface area contributed by atoms with E-state index in [1.807, 2.05) is 34.9 Å². The first-order valence-corrected chi connectivity index (χ1v) is 7.93. The van der Waals surface area contributed by atoms with Crippen molar-refractivity contribution in [2.75, 3.05) is 0 Å². The van der Waals surface area contributed by atoms with Gasteiger partial charge in [-0.2, -0.15) is 0 Å². The van der Waals surface area contributed by atoms with Gasteiger partial charge in [0.05, 0.1) is 10.4 Å². The number of fused-ring (bicyclic) bond motifs is 1. The fourth-order valence-corrected chi connectivity index (χ4v) is 3.10. The monoisotopic (exact) mass is 311 g/mol. The van der Waals surface area contributed by atoms with E-state index in [0.717, 1.165) is 23.9 Å². The molecule has 0 aliphatic carbocycles. The molecule has 0 unspecified atom stereocenters. The third-order valence-electron chi connectivity index (χ3n) is 4.00. The molecule has 3 rings (SSSR count). The second-order valence-corrected chi connectivity index (χ2v) is 5.79. The number of halogens is 1. The van der Waals surface area contributed by atoms with Crippen molar-refractivity contribution in [3.63, 3.8) is 0 Å². The lowest BCUT2D eigenvalue weighted by atomic mass is 10.1. The van der Waals surface area contributed by atoms with E-state index in [9.17, 15) is 4.79 Å². The zero-order valence-corrected chi connectivity index (χ0v) is 13.3. The summed E-state index contributed by atoms with van der Waals surface area (Å²) >= 11 is 6.23. The van der Waals surface area contributed by atoms with Gasteiger partial charge in [-0.05, 0) is 35.9 Å². The van der Waals surface area contributed by atoms with Crippen LogP contribution in [-0.2, 0) is 19.4 Å². The summed E-state index contributed by atoms with van der Waals surface area (Å²) in [5.74, 6) is 0. The van der Waals surface area contributed by atoms with Crippen molar-refractivity contribution in [1.29, 1.82) is 0 Å². The van der Waals surface area contributed by atoms with Crippen molar-refractivity contribution in [2.45, 2.75) is 26.3 Å². The van der Waals surface area contributed by atoms with E-state index in [1.165, 1.54) is 5.56 Å². The minimum atomic E-state index is 0.0101. The maximum atomic E-state index is 12.8. The maximum absolute atomic E-state index is 12.8. The molecule has 0 fully saturated rings. The molecule has 0 amide bonds. The number of aryl methyl sites for hydroxylation is 2. The van der Waals surface area contributed by atoms with Gasteiger partial charge in [0.15, 0.2) is 0 Å². The first-order chi connectivity index (χ1) is 10.7. The molecule has 22 heavy (non-hydrogen) atoms. The summed E-state index contributed by atoms with van der Waals surface area (Å²) in [6.07, 6.45) is 1.66. The van der Waals surface area contributed by atoms with Crippen molar-refractivity contribution in [3.05, 3.63) is 81.2 Å². The van der Waals surface area contributed by atoms with Gasteiger partial charge in [0.2, 0.25) is 0 Å². The third kappa shape index (κ3) is 2.79. The summed E-state index contributed by atoms with van der Waals surface area (Å²) in [4.78, 5) is 12.8. The molecule has 0 N–H and O–H groups in total. The minimum Gasteiger partial charge on any atom is -0.312 e. The summed E-state index contributed by atoms with van der Waals surface area (Å²) in [6, 6.07) is 17.9. The van der Waals surface area contributed by atoms with Gasteiger partial charge >= 0.3 is 0 Å². The highest BCUT2D eigenvalue weighted by molar-refractivity contribution is 6.35. The Morgan fingerprint density at radius 1 is 1.05 bits per heavy atom. The molecule has 0 saturated heterocycles. The van der Waals surface area contributed by atoms with Crippen molar-refractivity contribution in [2.24, 2.45) is 0 Å². The van der Waals surface area contributed by atoms with Crippen LogP contribution >= 0.6 is 11.6 Å². The fourth-order valence-electron chi connectivity index (χ4n) is 2.83. The Bertz CT molecular complexity index is 852. The van der Waals surface area contributed by atoms with E-state index in [0.29, 0.717) is 17.0 Å². The first kappa shape index (κ1) is 14.9. The Hall–Kier alpha value is -2.06. The number of rotatable bonds is 4. The smallest absolute Gasteiger partial charge is 0.260 e. The third-order valence-corrected chi connectivity index (χ3v) is 4.32. The number of benzene rings is 2. The number of aromatic nitrogens is 1. The van der Waals surface area contributed by atoms with Gasteiger partial charge in [0, 0.05) is 12.2 Å². The number of hydrogen-bond acceptors (Lipinski definition) is 1. The summed E-state index contributed by atoms with van der Waals surface area (Å²) in [5, 5.41) is 2.07. The lowest BCUT2D eigenvalue weighted by molar-refractivity contribution is 0.641. The standard InChI is InChI=1S/C19H18ClNO/c1-2-16-13-15-9-6-10-17(20)18(15)19(22)21(16)12-11-14-7-4-3-5-8-14/h3-10,13H,2,11-12H2,1H3. The maximum Gasteiger partial charge on any atom is 0.260 e. The van der Waals surface area contributed by atoms with Gasteiger partial charge in [-0.3, -0.25) is 4.79 Å². The number of nitrogens with zero attached hydrogens (tertiary/aromatic N) is 1. The molecular formula is C19H18ClNO. The lowest BCUT2D eigenvalue weighted by Crippen LogP contribution is -2.24. The molecule has 0 saturated carbocycles. The largest absolute Gasteiger partial charge is 0.312 e. The van der Waals surface area contributed by atoms with Crippen molar-refractivity contribution < 1.29 is 0 Å². The molecule has 0 bridgehead atoms. The van der Waals surface area contributed by atoms with Gasteiger partial charge in [0.25, 0.3) is 5.56 Å². The Labute approximate surface area is 135 Å². The van der Waals surface area contributed by atoms with Crippen LogP contribution in [0.3, 0.4) is 0 Å². The molecule has 1 heterocycles. The Morgan fingerprint density at radius 3 is 2.55 bits per heavy atom. The first-order valence-electron chi connectivity index (χ1n) is 7.55. The van der Waals surface area contributed by atoms with Crippen LogP contribution in [0.1, 0.15) is 18.2 Å². The van der Waals surface area contributed by atoms with Crippen LogP contribution in [0, 0.1) is 0 Å². The van der Waals surface area contributed by atoms with Gasteiger partial charge in [-0.25, -0.2) is 0 Å². The van der Waals surface area contributed by atoms with Crippen molar-refractivity contribution in [1.82, 2.24) is 4.57 Å². The van der Waals surface area contributed by atoms with E-state index in [-0.39, 0.29) is 5.56 Å². The molecule has 2 aromatic carbocycles. The highest BCUT2D eigenvalue weighted by Crippen LogP contribution is 2.21. The Balaban J connectivity index is 2.06. The molecule has 112 valence electrons. The molecule has 0 radical (unpaired) electrons. The van der Waals surface area contributed by atoms with Crippen LogP contribution in [-0.4, -0.2) is 4.57 Å². The lowest BCUT2D eigenvalue weighted by Gasteiger charge is -2.14. The highest BCUT2D eigenvalue weighted by Gasteiger charge is 2.10. The zero-order chi connectivity index (χ0) is 15.5. The van der Waals surface area contributed by atoms with Crippen LogP contribution < -0.4 is 5.56 Å². The van der Waals surface area contributed by atoms with Gasteiger partial charge in [0.1, 0.15) is 0 Å². The normalized spacial score (nSPS) is 11.0. The van der Waals surface area contributed by atoms with E-state index in [4.69, 9.17) is 11.6 Å². The topological polar surface area (TPSA) is 22.0 Å². The SMILES string of the molecule is CCc1cc2cccc(Cl)c2c(=O)n1CCc1ccccc1. The molecule has 0 spiro atoms. The van der Waals surface area contributed by atoms with Crippen LogP contribution in [0.5, 0.6) is 0 Å². The van der Waals surface area contributed by atoms with Crippen LogP contribution in [0.15, 0.2) is 59.4 Å². The van der Waals surface area contributed by atoms with E-state index in [1.54, 1.807) is 6.07 Å². The molecule has 0 atom stereocenters. The molecule has 2 nitrogen and oxygen atoms in total. The Kier molecular flexibility index (Phi) is 4.30. The quantitative estimate of drug-likeness (QED) is 0.697. The second-order valence-electron chi connectivity index (χ2n) is 5.39. The van der Waals surface area contributed by atoms with Gasteiger partial charge in [-0.15, -0.1) is 0 Å². The minimum absolute atomic E-state index is 0.0101. The summed E-state index contributed by atoms with van der Waals surface area (Å²) in [6.45, 7) is 2.75. The predicted octanol–water partition coefficient (Wildman–Crippen LogP) is 4.46. The molecular weight excluding hydrogens is 294 g/mol. The molecule has 0 aliphatic rings. The van der Waals surface area contributed by atoms with Crippen LogP contribution in [0.4, 0.5) is 0 Å². The predicted molar refractivity (Wildman–Crippen MR) is 92.7 cm³/mol. The van der Waals surface area contributed by atoms with E-state index >= 15 is 0 Å². The van der Waals surface area contributed by atoms with Crippen LogP contribution in [0.25, 0.3) is 10.8 Å². The summed E-state index contributed by atoms with van der Waals surface area (Å²) < 4.78 is 1.86. The van der Waals surface area contributed by atoms with Crippen molar-refractivity contribution in [3.8, 4) is 0 Å². The fraction of sp³-hybridized carbons (Fsp3) is 0.211. The summed E-state index contributed by atoms with van der Waals surface area (Å²) in [7, 11) is 0. The molecule has 0 aliphatic heterocycles. The Morgan fingerprint density at radius 2 is 1.82 bits per heavy atom. The highest BCUT2D eigenvalue weighted by atomic mass is 35.5. The van der Waals surface area contributed by atoms with E-state index in [2.05, 4.69) is 25.1 Å². The van der Waals surface area contributed by atoms with Gasteiger partial charge < -0.3 is 4.57 Å². The number of hydrogen-bond donors (Lipinski definition) is 0. The zero-order valence-electron chi connectivity index (χ0n) is 12.6. The average molecular weight is 312 g/mol. The average Bonchev–Trinajstić information content (AvgIpc) is 2.54. The number of pyridine rings is 1. The summed E-state index contributed by atoms with van der Waals surface area (Å²) in [5.41, 5.74) is 2.29. The van der Waals surface area contributed by atoms with Crippen molar-refractivity contribution >= 4 is 22.4 Å². The molecule has 1 aromatic heterocycles. The van der Waals surface area contributed by atoms with Gasteiger partial charge in [-0.1, -0.05) is 61.0 Å². The molecule has 3 aromatic rings. The molecule has 3 heteroatoms. The van der Waals surface area contributed by atoms with E-state index < -0.39 is 0 Å². The second kappa shape index (κ2) is 6.37.